The lowest BCUT2D eigenvalue weighted by Crippen LogP contribution is -2.53. The van der Waals surface area contributed by atoms with E-state index >= 15 is 0 Å². The van der Waals surface area contributed by atoms with Gasteiger partial charge in [-0.2, -0.15) is 0 Å². The molecule has 2 atom stereocenters. The normalized spacial score (nSPS) is 20.6. The van der Waals surface area contributed by atoms with Gasteiger partial charge < -0.3 is 9.64 Å². The van der Waals surface area contributed by atoms with Crippen LogP contribution in [0.15, 0.2) is 65.7 Å². The quantitative estimate of drug-likeness (QED) is 0.515. The molecule has 31 heavy (non-hydrogen) atoms. The van der Waals surface area contributed by atoms with E-state index in [0.717, 1.165) is 11.0 Å². The Hall–Kier alpha value is -3.79. The number of nitro groups is 1. The second-order valence-electron chi connectivity index (χ2n) is 7.37. The SMILES string of the molecule is CN1C(n2cnc3ccccc32)=NC=C([N+](=O)[O-])C1NC1CCOc2c(F)cccc21. The summed E-state index contributed by atoms with van der Waals surface area (Å²) in [6.45, 7) is 0.312. The number of imidazole rings is 1. The molecular formula is C21H19FN6O3. The summed E-state index contributed by atoms with van der Waals surface area (Å²) in [5, 5.41) is 15.1. The van der Waals surface area contributed by atoms with Crippen molar-refractivity contribution in [3.63, 3.8) is 0 Å². The van der Waals surface area contributed by atoms with Crippen LogP contribution in [0.5, 0.6) is 5.75 Å². The zero-order valence-electron chi connectivity index (χ0n) is 16.6. The number of halogens is 1. The van der Waals surface area contributed by atoms with Gasteiger partial charge in [0.1, 0.15) is 12.5 Å². The number of para-hydroxylation sites is 3. The molecule has 5 rings (SSSR count). The van der Waals surface area contributed by atoms with Crippen LogP contribution in [-0.2, 0) is 0 Å². The van der Waals surface area contributed by atoms with Crippen LogP contribution in [0.25, 0.3) is 11.0 Å². The van der Waals surface area contributed by atoms with Crippen molar-refractivity contribution in [3.8, 4) is 5.75 Å². The standard InChI is InChI=1S/C21H19FN6O3/c1-26-20(25-15-9-10-31-19-13(15)5-4-6-14(19)22)18(28(29)30)11-23-21(26)27-12-24-16-7-2-3-8-17(16)27/h2-8,11-12,15,20,25H,9-10H2,1H3. The van der Waals surface area contributed by atoms with Crippen molar-refractivity contribution in [3.05, 3.63) is 82.2 Å². The molecule has 0 aliphatic carbocycles. The van der Waals surface area contributed by atoms with Gasteiger partial charge in [-0.3, -0.25) is 20.0 Å². The van der Waals surface area contributed by atoms with Gasteiger partial charge in [-0.05, 0) is 18.2 Å². The smallest absolute Gasteiger partial charge is 0.301 e. The van der Waals surface area contributed by atoms with Crippen LogP contribution in [0.4, 0.5) is 4.39 Å². The minimum Gasteiger partial charge on any atom is -0.490 e. The molecule has 3 aromatic rings. The summed E-state index contributed by atoms with van der Waals surface area (Å²) in [4.78, 5) is 21.7. The molecule has 2 aliphatic rings. The van der Waals surface area contributed by atoms with Gasteiger partial charge in [0, 0.05) is 25.1 Å². The van der Waals surface area contributed by atoms with E-state index in [4.69, 9.17) is 4.74 Å². The Labute approximate surface area is 176 Å². The van der Waals surface area contributed by atoms with Gasteiger partial charge in [-0.15, -0.1) is 0 Å². The average molecular weight is 422 g/mol. The van der Waals surface area contributed by atoms with E-state index in [-0.39, 0.29) is 17.5 Å². The molecule has 1 aromatic heterocycles. The minimum absolute atomic E-state index is 0.0971. The number of nitrogens with one attached hydrogen (secondary N) is 1. The third-order valence-electron chi connectivity index (χ3n) is 5.56. The van der Waals surface area contributed by atoms with Gasteiger partial charge >= 0.3 is 5.70 Å². The third kappa shape index (κ3) is 3.21. The number of ether oxygens (including phenoxy) is 1. The van der Waals surface area contributed by atoms with Crippen LogP contribution in [0.3, 0.4) is 0 Å². The summed E-state index contributed by atoms with van der Waals surface area (Å²) >= 11 is 0. The predicted molar refractivity (Wildman–Crippen MR) is 112 cm³/mol. The molecule has 0 radical (unpaired) electrons. The van der Waals surface area contributed by atoms with E-state index in [2.05, 4.69) is 15.3 Å². The second-order valence-corrected chi connectivity index (χ2v) is 7.37. The first-order chi connectivity index (χ1) is 15.0. The Kier molecular flexibility index (Phi) is 4.63. The second kappa shape index (κ2) is 7.47. The molecule has 0 fully saturated rings. The van der Waals surface area contributed by atoms with E-state index in [0.29, 0.717) is 24.6 Å². The largest absolute Gasteiger partial charge is 0.490 e. The number of benzene rings is 2. The summed E-state index contributed by atoms with van der Waals surface area (Å²) < 4.78 is 21.5. The number of nitrogens with zero attached hydrogens (tertiary/aromatic N) is 5. The number of likely N-dealkylation sites (N-methyl/N-ethyl adjacent to an activating group) is 1. The molecule has 9 nitrogen and oxygen atoms in total. The maximum atomic E-state index is 14.2. The molecule has 0 amide bonds. The first-order valence-corrected chi connectivity index (χ1v) is 9.79. The predicted octanol–water partition coefficient (Wildman–Crippen LogP) is 2.88. The highest BCUT2D eigenvalue weighted by Crippen LogP contribution is 2.35. The molecule has 2 aromatic carbocycles. The van der Waals surface area contributed by atoms with E-state index in [1.807, 2.05) is 24.3 Å². The highest BCUT2D eigenvalue weighted by Gasteiger charge is 2.38. The first-order valence-electron chi connectivity index (χ1n) is 9.79. The van der Waals surface area contributed by atoms with Crippen molar-refractivity contribution in [2.45, 2.75) is 18.6 Å². The Morgan fingerprint density at radius 2 is 2.10 bits per heavy atom. The fraction of sp³-hybridized carbons (Fsp3) is 0.238. The molecule has 0 bridgehead atoms. The van der Waals surface area contributed by atoms with Crippen molar-refractivity contribution in [1.29, 1.82) is 0 Å². The van der Waals surface area contributed by atoms with Crippen molar-refractivity contribution in [1.82, 2.24) is 19.8 Å². The van der Waals surface area contributed by atoms with E-state index < -0.39 is 16.9 Å². The van der Waals surface area contributed by atoms with E-state index in [1.54, 1.807) is 35.0 Å². The van der Waals surface area contributed by atoms with Gasteiger partial charge in [0.05, 0.1) is 22.6 Å². The minimum atomic E-state index is -0.789. The van der Waals surface area contributed by atoms with Crippen LogP contribution in [0.1, 0.15) is 18.0 Å². The Balaban J connectivity index is 1.52. The number of aliphatic imine (C=N–C) groups is 1. The molecule has 3 heterocycles. The monoisotopic (exact) mass is 422 g/mol. The summed E-state index contributed by atoms with van der Waals surface area (Å²) in [5.41, 5.74) is 2.17. The average Bonchev–Trinajstić information content (AvgIpc) is 3.19. The summed E-state index contributed by atoms with van der Waals surface area (Å²) in [6, 6.07) is 12.0. The van der Waals surface area contributed by atoms with E-state index in [1.165, 1.54) is 12.3 Å². The maximum absolute atomic E-state index is 14.2. The molecular weight excluding hydrogens is 403 g/mol. The van der Waals surface area contributed by atoms with Crippen LogP contribution >= 0.6 is 0 Å². The molecule has 158 valence electrons. The molecule has 0 spiro atoms. The van der Waals surface area contributed by atoms with Crippen molar-refractivity contribution in [2.75, 3.05) is 13.7 Å². The summed E-state index contributed by atoms with van der Waals surface area (Å²) in [6.07, 6.45) is 2.66. The number of rotatable bonds is 3. The lowest BCUT2D eigenvalue weighted by Gasteiger charge is -2.36. The molecule has 1 N–H and O–H groups in total. The zero-order chi connectivity index (χ0) is 21.5. The van der Waals surface area contributed by atoms with Crippen molar-refractivity contribution >= 4 is 17.0 Å². The Morgan fingerprint density at radius 1 is 1.26 bits per heavy atom. The van der Waals surface area contributed by atoms with Gasteiger partial charge in [0.2, 0.25) is 5.96 Å². The summed E-state index contributed by atoms with van der Waals surface area (Å²) in [5.74, 6) is 0.229. The molecule has 2 aliphatic heterocycles. The van der Waals surface area contributed by atoms with Gasteiger partial charge in [-0.25, -0.2) is 14.4 Å². The van der Waals surface area contributed by atoms with Crippen LogP contribution < -0.4 is 10.1 Å². The van der Waals surface area contributed by atoms with Gasteiger partial charge in [0.25, 0.3) is 0 Å². The molecule has 0 saturated heterocycles. The lowest BCUT2D eigenvalue weighted by atomic mass is 9.99. The Bertz CT molecular complexity index is 1240. The fourth-order valence-corrected chi connectivity index (χ4v) is 4.04. The number of hydrogen-bond acceptors (Lipinski definition) is 7. The van der Waals surface area contributed by atoms with Crippen LogP contribution in [0.2, 0.25) is 0 Å². The van der Waals surface area contributed by atoms with Crippen molar-refractivity contribution < 1.29 is 14.1 Å². The first kappa shape index (κ1) is 19.2. The van der Waals surface area contributed by atoms with Crippen molar-refractivity contribution in [2.24, 2.45) is 4.99 Å². The van der Waals surface area contributed by atoms with Gasteiger partial charge in [-0.1, -0.05) is 24.3 Å². The maximum Gasteiger partial charge on any atom is 0.301 e. The fourth-order valence-electron chi connectivity index (χ4n) is 4.04. The highest BCUT2D eigenvalue weighted by atomic mass is 19.1. The third-order valence-corrected chi connectivity index (χ3v) is 5.56. The lowest BCUT2D eigenvalue weighted by molar-refractivity contribution is -0.434. The topological polar surface area (TPSA) is 97.8 Å². The number of hydrogen-bond donors (Lipinski definition) is 1. The molecule has 0 saturated carbocycles. The highest BCUT2D eigenvalue weighted by molar-refractivity contribution is 5.93. The van der Waals surface area contributed by atoms with Crippen LogP contribution in [0, 0.1) is 15.9 Å². The Morgan fingerprint density at radius 3 is 2.94 bits per heavy atom. The zero-order valence-corrected chi connectivity index (χ0v) is 16.6. The number of fused-ring (bicyclic) bond motifs is 2. The van der Waals surface area contributed by atoms with E-state index in [9.17, 15) is 14.5 Å². The summed E-state index contributed by atoms with van der Waals surface area (Å²) in [7, 11) is 1.73. The molecule has 10 heteroatoms. The number of aromatic nitrogens is 2. The van der Waals surface area contributed by atoms with Crippen LogP contribution in [-0.4, -0.2) is 45.2 Å². The molecule has 2 unspecified atom stereocenters. The van der Waals surface area contributed by atoms with Gasteiger partial charge in [0.15, 0.2) is 17.7 Å².